The Bertz CT molecular complexity index is 668. The molecule has 0 aliphatic heterocycles. The van der Waals surface area contributed by atoms with Gasteiger partial charge in [-0.3, -0.25) is 4.79 Å². The number of aromatic nitrogens is 3. The topological polar surface area (TPSA) is 59.3 Å². The lowest BCUT2D eigenvalue weighted by Gasteiger charge is -2.18. The zero-order chi connectivity index (χ0) is 14.4. The molecule has 0 fully saturated rings. The molecule has 0 aliphatic rings. The number of fused-ring (bicyclic) bond motifs is 1. The minimum atomic E-state index is -4.65. The van der Waals surface area contributed by atoms with E-state index in [2.05, 4.69) is 15.4 Å². The zero-order valence-electron chi connectivity index (χ0n) is 10.4. The molecule has 0 bridgehead atoms. The second-order valence-electron chi connectivity index (χ2n) is 4.95. The Labute approximate surface area is 110 Å². The number of nitrogens with zero attached hydrogens (tertiary/aromatic N) is 3. The monoisotopic (exact) mass is 292 g/mol. The minimum Gasteiger partial charge on any atom is -0.355 e. The van der Waals surface area contributed by atoms with E-state index in [1.165, 1.54) is 0 Å². The van der Waals surface area contributed by atoms with E-state index in [9.17, 15) is 18.0 Å². The van der Waals surface area contributed by atoms with Crippen molar-refractivity contribution in [2.45, 2.75) is 32.5 Å². The third-order valence-electron chi connectivity index (χ3n) is 2.03. The molecule has 9 heteroatoms. The van der Waals surface area contributed by atoms with Crippen LogP contribution in [-0.4, -0.2) is 20.1 Å². The third kappa shape index (κ3) is 3.03. The number of hydrogen-bond donors (Lipinski definition) is 1. The van der Waals surface area contributed by atoms with E-state index in [4.69, 9.17) is 0 Å². The Morgan fingerprint density at radius 2 is 1.95 bits per heavy atom. The molecular formula is C10H11F3N4OS. The van der Waals surface area contributed by atoms with Crippen molar-refractivity contribution in [1.82, 2.24) is 14.6 Å². The van der Waals surface area contributed by atoms with Crippen molar-refractivity contribution in [2.24, 2.45) is 0 Å². The molecule has 0 spiro atoms. The number of nitrogens with one attached hydrogen (secondary N) is 1. The van der Waals surface area contributed by atoms with E-state index >= 15 is 0 Å². The van der Waals surface area contributed by atoms with Crippen LogP contribution >= 0.6 is 11.3 Å². The van der Waals surface area contributed by atoms with Crippen LogP contribution < -0.4 is 10.9 Å². The normalized spacial score (nSPS) is 12.9. The molecule has 1 N–H and O–H groups in total. The lowest BCUT2D eigenvalue weighted by molar-refractivity contribution is -0.142. The highest BCUT2D eigenvalue weighted by Crippen LogP contribution is 2.30. The molecule has 104 valence electrons. The summed E-state index contributed by atoms with van der Waals surface area (Å²) < 4.78 is 39.0. The van der Waals surface area contributed by atoms with Gasteiger partial charge in [0.2, 0.25) is 10.1 Å². The predicted molar refractivity (Wildman–Crippen MR) is 65.5 cm³/mol. The number of alkyl halides is 3. The van der Waals surface area contributed by atoms with Gasteiger partial charge in [0.05, 0.1) is 0 Å². The van der Waals surface area contributed by atoms with Crippen molar-refractivity contribution in [2.75, 3.05) is 5.32 Å². The van der Waals surface area contributed by atoms with Crippen molar-refractivity contribution in [3.05, 3.63) is 22.1 Å². The van der Waals surface area contributed by atoms with Crippen LogP contribution in [0.5, 0.6) is 0 Å². The highest BCUT2D eigenvalue weighted by molar-refractivity contribution is 7.20. The molecular weight excluding hydrogens is 281 g/mol. The number of hydrogen-bond acceptors (Lipinski definition) is 5. The molecule has 0 aromatic carbocycles. The molecule has 2 heterocycles. The first-order valence-corrected chi connectivity index (χ1v) is 6.14. The van der Waals surface area contributed by atoms with E-state index in [1.807, 2.05) is 20.8 Å². The van der Waals surface area contributed by atoms with Crippen molar-refractivity contribution >= 4 is 21.4 Å². The lowest BCUT2D eigenvalue weighted by atomic mass is 10.1. The smallest absolute Gasteiger partial charge is 0.355 e. The summed E-state index contributed by atoms with van der Waals surface area (Å²) in [6, 6.07) is 0.438. The molecule has 0 aliphatic carbocycles. The largest absolute Gasteiger partial charge is 0.433 e. The Hall–Kier alpha value is -1.64. The van der Waals surface area contributed by atoms with Gasteiger partial charge in [-0.2, -0.15) is 22.7 Å². The summed E-state index contributed by atoms with van der Waals surface area (Å²) in [6.45, 7) is 5.54. The fourth-order valence-corrected chi connectivity index (χ4v) is 2.40. The predicted octanol–water partition coefficient (Wildman–Crippen LogP) is 2.38. The van der Waals surface area contributed by atoms with Gasteiger partial charge in [0.25, 0.3) is 5.56 Å². The third-order valence-corrected chi connectivity index (χ3v) is 2.85. The van der Waals surface area contributed by atoms with E-state index in [1.54, 1.807) is 0 Å². The standard InChI is InChI=1S/C10H11F3N4OS/c1-9(2,3)15-7-16-17-5(10(11,12)13)4-6(18)14-8(17)19-7/h4H,1-3H3,(H,15,16). The van der Waals surface area contributed by atoms with Gasteiger partial charge in [-0.05, 0) is 20.8 Å². The van der Waals surface area contributed by atoms with Gasteiger partial charge in [0.1, 0.15) is 0 Å². The van der Waals surface area contributed by atoms with Gasteiger partial charge < -0.3 is 5.32 Å². The van der Waals surface area contributed by atoms with Crippen molar-refractivity contribution < 1.29 is 13.2 Å². The Kier molecular flexibility index (Phi) is 3.04. The Morgan fingerprint density at radius 3 is 2.47 bits per heavy atom. The Morgan fingerprint density at radius 1 is 1.32 bits per heavy atom. The molecule has 0 unspecified atom stereocenters. The van der Waals surface area contributed by atoms with E-state index in [-0.39, 0.29) is 15.6 Å². The van der Waals surface area contributed by atoms with Gasteiger partial charge >= 0.3 is 6.18 Å². The van der Waals surface area contributed by atoms with Crippen LogP contribution in [0.25, 0.3) is 4.96 Å². The molecule has 0 saturated heterocycles. The molecule has 2 aromatic heterocycles. The zero-order valence-corrected chi connectivity index (χ0v) is 11.2. The number of halogens is 3. The van der Waals surface area contributed by atoms with Gasteiger partial charge in [-0.25, -0.2) is 0 Å². The maximum Gasteiger partial charge on any atom is 0.433 e. The van der Waals surface area contributed by atoms with Crippen LogP contribution in [0, 0.1) is 0 Å². The molecule has 0 radical (unpaired) electrons. The SMILES string of the molecule is CC(C)(C)Nc1nn2c(C(F)(F)F)cc(=O)nc2s1. The first-order valence-electron chi connectivity index (χ1n) is 5.32. The summed E-state index contributed by atoms with van der Waals surface area (Å²) in [5, 5.41) is 7.03. The maximum atomic E-state index is 12.8. The highest BCUT2D eigenvalue weighted by atomic mass is 32.1. The van der Waals surface area contributed by atoms with E-state index in [0.29, 0.717) is 10.6 Å². The number of anilines is 1. The molecule has 2 rings (SSSR count). The summed E-state index contributed by atoms with van der Waals surface area (Å²) >= 11 is 0.898. The van der Waals surface area contributed by atoms with Gasteiger partial charge in [0, 0.05) is 11.6 Å². The van der Waals surface area contributed by atoms with Crippen LogP contribution in [0.15, 0.2) is 10.9 Å². The lowest BCUT2D eigenvalue weighted by Crippen LogP contribution is -2.26. The molecule has 0 atom stereocenters. The average molecular weight is 292 g/mol. The minimum absolute atomic E-state index is 0.0911. The van der Waals surface area contributed by atoms with Crippen molar-refractivity contribution in [3.8, 4) is 0 Å². The molecule has 2 aromatic rings. The van der Waals surface area contributed by atoms with Gasteiger partial charge in [-0.1, -0.05) is 11.3 Å². The van der Waals surface area contributed by atoms with Gasteiger partial charge in [-0.15, -0.1) is 5.10 Å². The van der Waals surface area contributed by atoms with E-state index < -0.39 is 17.4 Å². The average Bonchev–Trinajstić information content (AvgIpc) is 2.53. The summed E-state index contributed by atoms with van der Waals surface area (Å²) in [5.41, 5.74) is -2.41. The molecule has 0 amide bonds. The van der Waals surface area contributed by atoms with Gasteiger partial charge in [0.15, 0.2) is 5.69 Å². The first kappa shape index (κ1) is 13.8. The van der Waals surface area contributed by atoms with Crippen molar-refractivity contribution in [3.63, 3.8) is 0 Å². The summed E-state index contributed by atoms with van der Waals surface area (Å²) in [6.07, 6.45) is -4.65. The highest BCUT2D eigenvalue weighted by Gasteiger charge is 2.35. The fourth-order valence-electron chi connectivity index (χ4n) is 1.39. The summed E-state index contributed by atoms with van der Waals surface area (Å²) in [7, 11) is 0. The van der Waals surface area contributed by atoms with Crippen molar-refractivity contribution in [1.29, 1.82) is 0 Å². The quantitative estimate of drug-likeness (QED) is 0.876. The van der Waals surface area contributed by atoms with Crippen LogP contribution in [-0.2, 0) is 6.18 Å². The van der Waals surface area contributed by atoms with E-state index in [0.717, 1.165) is 11.3 Å². The maximum absolute atomic E-state index is 12.8. The molecule has 19 heavy (non-hydrogen) atoms. The number of rotatable bonds is 1. The summed E-state index contributed by atoms with van der Waals surface area (Å²) in [5.74, 6) is 0. The second-order valence-corrected chi connectivity index (χ2v) is 5.91. The van der Waals surface area contributed by atoms with Crippen LogP contribution in [0.3, 0.4) is 0 Å². The fraction of sp³-hybridized carbons (Fsp3) is 0.500. The van der Waals surface area contributed by atoms with Crippen LogP contribution in [0.4, 0.5) is 18.3 Å². The summed E-state index contributed by atoms with van der Waals surface area (Å²) in [4.78, 5) is 14.6. The Balaban J connectivity index is 2.62. The second kappa shape index (κ2) is 4.19. The molecule has 5 nitrogen and oxygen atoms in total. The molecule has 0 saturated carbocycles. The van der Waals surface area contributed by atoms with Crippen LogP contribution in [0.1, 0.15) is 26.5 Å². The van der Waals surface area contributed by atoms with Crippen LogP contribution in [0.2, 0.25) is 0 Å². The first-order chi connectivity index (χ1) is 8.56.